The lowest BCUT2D eigenvalue weighted by molar-refractivity contribution is -0.137. The second kappa shape index (κ2) is 8.78. The molecule has 1 saturated carbocycles. The third kappa shape index (κ3) is 4.93. The Kier molecular flexibility index (Phi) is 6.39. The smallest absolute Gasteiger partial charge is 0.322 e. The van der Waals surface area contributed by atoms with Gasteiger partial charge in [-0.25, -0.2) is 0 Å². The van der Waals surface area contributed by atoms with E-state index in [-0.39, 0.29) is 5.56 Å². The van der Waals surface area contributed by atoms with E-state index in [0.29, 0.717) is 18.3 Å². The summed E-state index contributed by atoms with van der Waals surface area (Å²) in [5.74, 6) is -0.749. The molecule has 1 amide bonds. The lowest BCUT2D eigenvalue weighted by Crippen LogP contribution is -2.33. The zero-order valence-corrected chi connectivity index (χ0v) is 15.9. The molecule has 2 aromatic carbocycles. The molecular formula is C22H25F3N2O. The minimum absolute atomic E-state index is 0.370. The van der Waals surface area contributed by atoms with Crippen LogP contribution in [0, 0.1) is 0 Å². The highest BCUT2D eigenvalue weighted by molar-refractivity contribution is 6.05. The summed E-state index contributed by atoms with van der Waals surface area (Å²) in [4.78, 5) is 14.9. The van der Waals surface area contributed by atoms with Gasteiger partial charge in [0, 0.05) is 18.3 Å². The highest BCUT2D eigenvalue weighted by atomic mass is 19.4. The van der Waals surface area contributed by atoms with Crippen LogP contribution in [0.1, 0.15) is 53.6 Å². The highest BCUT2D eigenvalue weighted by Crippen LogP contribution is 2.32. The molecule has 0 heterocycles. The largest absolute Gasteiger partial charge is 0.417 e. The van der Waals surface area contributed by atoms with E-state index in [1.807, 2.05) is 12.1 Å². The molecule has 1 aliphatic carbocycles. The number of alkyl halides is 3. The SMILES string of the molecule is CN(Cc1ccccc1NC(=O)c1ccccc1C(F)(F)F)C1CCCCC1. The summed E-state index contributed by atoms with van der Waals surface area (Å²) >= 11 is 0. The predicted octanol–water partition coefficient (Wildman–Crippen LogP) is 5.72. The molecule has 28 heavy (non-hydrogen) atoms. The second-order valence-electron chi connectivity index (χ2n) is 7.36. The van der Waals surface area contributed by atoms with E-state index in [1.165, 1.54) is 37.5 Å². The van der Waals surface area contributed by atoms with E-state index in [4.69, 9.17) is 0 Å². The van der Waals surface area contributed by atoms with Crippen molar-refractivity contribution in [3.8, 4) is 0 Å². The number of para-hydroxylation sites is 1. The van der Waals surface area contributed by atoms with Crippen LogP contribution in [0.25, 0.3) is 0 Å². The maximum absolute atomic E-state index is 13.2. The monoisotopic (exact) mass is 390 g/mol. The minimum Gasteiger partial charge on any atom is -0.322 e. The summed E-state index contributed by atoms with van der Waals surface area (Å²) in [6, 6.07) is 12.6. The van der Waals surface area contributed by atoms with Gasteiger partial charge in [0.1, 0.15) is 0 Å². The van der Waals surface area contributed by atoms with Gasteiger partial charge < -0.3 is 5.32 Å². The molecule has 1 N–H and O–H groups in total. The molecule has 3 nitrogen and oxygen atoms in total. The van der Waals surface area contributed by atoms with Gasteiger partial charge in [0.15, 0.2) is 0 Å². The van der Waals surface area contributed by atoms with Crippen LogP contribution in [-0.2, 0) is 12.7 Å². The first-order valence-electron chi connectivity index (χ1n) is 9.62. The summed E-state index contributed by atoms with van der Waals surface area (Å²) in [6.45, 7) is 0.641. The van der Waals surface area contributed by atoms with Crippen molar-refractivity contribution < 1.29 is 18.0 Å². The number of carbonyl (C=O) groups is 1. The van der Waals surface area contributed by atoms with E-state index >= 15 is 0 Å². The highest BCUT2D eigenvalue weighted by Gasteiger charge is 2.35. The fourth-order valence-corrected chi connectivity index (χ4v) is 3.82. The van der Waals surface area contributed by atoms with E-state index in [0.717, 1.165) is 24.5 Å². The minimum atomic E-state index is -4.57. The Labute approximate surface area is 163 Å². The molecule has 0 aromatic heterocycles. The van der Waals surface area contributed by atoms with Gasteiger partial charge in [0.2, 0.25) is 0 Å². The second-order valence-corrected chi connectivity index (χ2v) is 7.36. The fourth-order valence-electron chi connectivity index (χ4n) is 3.82. The first-order chi connectivity index (χ1) is 13.4. The molecule has 1 fully saturated rings. The van der Waals surface area contributed by atoms with Crippen molar-refractivity contribution in [1.82, 2.24) is 4.90 Å². The first-order valence-corrected chi connectivity index (χ1v) is 9.62. The summed E-state index contributed by atoms with van der Waals surface area (Å²) in [5.41, 5.74) is 0.148. The van der Waals surface area contributed by atoms with Crippen molar-refractivity contribution in [1.29, 1.82) is 0 Å². The zero-order chi connectivity index (χ0) is 20.1. The predicted molar refractivity (Wildman–Crippen MR) is 104 cm³/mol. The van der Waals surface area contributed by atoms with Gasteiger partial charge in [0.05, 0.1) is 11.1 Å². The number of halogens is 3. The molecule has 150 valence electrons. The average Bonchev–Trinajstić information content (AvgIpc) is 2.69. The molecule has 6 heteroatoms. The first kappa shape index (κ1) is 20.4. The van der Waals surface area contributed by atoms with Crippen LogP contribution >= 0.6 is 0 Å². The summed E-state index contributed by atoms with van der Waals surface area (Å²) in [5, 5.41) is 2.68. The molecule has 2 aromatic rings. The Balaban J connectivity index is 1.77. The van der Waals surface area contributed by atoms with Gasteiger partial charge in [-0.3, -0.25) is 9.69 Å². The van der Waals surface area contributed by atoms with E-state index in [2.05, 4.69) is 17.3 Å². The molecule has 3 rings (SSSR count). The molecule has 0 bridgehead atoms. The van der Waals surface area contributed by atoms with Crippen LogP contribution < -0.4 is 5.32 Å². The lowest BCUT2D eigenvalue weighted by Gasteiger charge is -2.31. The van der Waals surface area contributed by atoms with Crippen LogP contribution in [0.2, 0.25) is 0 Å². The molecule has 1 aliphatic rings. The number of hydrogen-bond donors (Lipinski definition) is 1. The lowest BCUT2D eigenvalue weighted by atomic mass is 9.94. The van der Waals surface area contributed by atoms with Crippen LogP contribution in [0.3, 0.4) is 0 Å². The number of rotatable bonds is 5. The van der Waals surface area contributed by atoms with Crippen molar-refractivity contribution >= 4 is 11.6 Å². The van der Waals surface area contributed by atoms with Gasteiger partial charge in [-0.2, -0.15) is 13.2 Å². The molecule has 0 atom stereocenters. The Morgan fingerprint density at radius 2 is 1.68 bits per heavy atom. The summed E-state index contributed by atoms with van der Waals surface area (Å²) < 4.78 is 39.7. The molecule has 0 unspecified atom stereocenters. The van der Waals surface area contributed by atoms with Crippen LogP contribution in [-0.4, -0.2) is 23.9 Å². The number of nitrogens with zero attached hydrogens (tertiary/aromatic N) is 1. The number of amides is 1. The standard InChI is InChI=1S/C22H25F3N2O/c1-27(17-10-3-2-4-11-17)15-16-9-5-8-14-20(16)26-21(28)18-12-6-7-13-19(18)22(23,24)25/h5-9,12-14,17H,2-4,10-11,15H2,1H3,(H,26,28). The Morgan fingerprint density at radius 3 is 2.39 bits per heavy atom. The third-order valence-electron chi connectivity index (χ3n) is 5.36. The molecule has 0 aliphatic heterocycles. The number of anilines is 1. The maximum atomic E-state index is 13.2. The Bertz CT molecular complexity index is 813. The number of carbonyl (C=O) groups excluding carboxylic acids is 1. The van der Waals surface area contributed by atoms with Crippen molar-refractivity contribution in [3.05, 3.63) is 65.2 Å². The van der Waals surface area contributed by atoms with E-state index in [9.17, 15) is 18.0 Å². The maximum Gasteiger partial charge on any atom is 0.417 e. The van der Waals surface area contributed by atoms with E-state index in [1.54, 1.807) is 12.1 Å². The topological polar surface area (TPSA) is 32.3 Å². The van der Waals surface area contributed by atoms with Gasteiger partial charge in [-0.05, 0) is 43.7 Å². The van der Waals surface area contributed by atoms with Crippen molar-refractivity contribution in [2.24, 2.45) is 0 Å². The average molecular weight is 390 g/mol. The van der Waals surface area contributed by atoms with Gasteiger partial charge in [-0.1, -0.05) is 49.6 Å². The third-order valence-corrected chi connectivity index (χ3v) is 5.36. The quantitative estimate of drug-likeness (QED) is 0.708. The molecular weight excluding hydrogens is 365 g/mol. The van der Waals surface area contributed by atoms with Crippen LogP contribution in [0.4, 0.5) is 18.9 Å². The number of hydrogen-bond acceptors (Lipinski definition) is 2. The van der Waals surface area contributed by atoms with Crippen molar-refractivity contribution in [2.45, 2.75) is 50.9 Å². The normalized spacial score (nSPS) is 15.6. The summed E-state index contributed by atoms with van der Waals surface area (Å²) in [6.07, 6.45) is 1.46. The summed E-state index contributed by atoms with van der Waals surface area (Å²) in [7, 11) is 2.06. The van der Waals surface area contributed by atoms with E-state index < -0.39 is 17.6 Å². The molecule has 0 saturated heterocycles. The Hall–Kier alpha value is -2.34. The fraction of sp³-hybridized carbons (Fsp3) is 0.409. The van der Waals surface area contributed by atoms with Crippen molar-refractivity contribution in [3.63, 3.8) is 0 Å². The van der Waals surface area contributed by atoms with Crippen LogP contribution in [0.5, 0.6) is 0 Å². The van der Waals surface area contributed by atoms with Gasteiger partial charge in [0.25, 0.3) is 5.91 Å². The molecule has 0 spiro atoms. The van der Waals surface area contributed by atoms with Crippen LogP contribution in [0.15, 0.2) is 48.5 Å². The number of benzene rings is 2. The molecule has 0 radical (unpaired) electrons. The van der Waals surface area contributed by atoms with Gasteiger partial charge >= 0.3 is 6.18 Å². The van der Waals surface area contributed by atoms with Crippen molar-refractivity contribution in [2.75, 3.05) is 12.4 Å². The van der Waals surface area contributed by atoms with Gasteiger partial charge in [-0.15, -0.1) is 0 Å². The zero-order valence-electron chi connectivity index (χ0n) is 15.9. The Morgan fingerprint density at radius 1 is 1.04 bits per heavy atom. The number of nitrogens with one attached hydrogen (secondary N) is 1.